The van der Waals surface area contributed by atoms with E-state index < -0.39 is 7.82 Å². The third kappa shape index (κ3) is 360. The summed E-state index contributed by atoms with van der Waals surface area (Å²) in [6.45, 7) is 0. The Balaban J connectivity index is -0.00000000800. The van der Waals surface area contributed by atoms with Crippen LogP contribution in [0.1, 0.15) is 2.85 Å². The second-order valence-electron chi connectivity index (χ2n) is 0.513. The summed E-state index contributed by atoms with van der Waals surface area (Å²) >= 11 is 0. The van der Waals surface area contributed by atoms with Crippen LogP contribution < -0.4 is 0 Å². The smallest absolute Gasteiger partial charge is 1.00 e. The molecule has 0 radical (unpaired) electrons. The zero-order valence-electron chi connectivity index (χ0n) is 5.90. The van der Waals surface area contributed by atoms with E-state index in [2.05, 4.69) is 0 Å². The largest absolute Gasteiger partial charge is 2.00 e. The number of hydrogen-bond acceptors (Lipinski definition) is 1. The summed E-state index contributed by atoms with van der Waals surface area (Å²) < 4.78 is 8.88. The van der Waals surface area contributed by atoms with Crippen molar-refractivity contribution in [1.82, 2.24) is 0 Å². The van der Waals surface area contributed by atoms with Crippen molar-refractivity contribution in [3.8, 4) is 0 Å². The van der Waals surface area contributed by atoms with Crippen molar-refractivity contribution >= 4 is 30.9 Å². The molecule has 0 bridgehead atoms. The molecular formula is H9MgO6P. The van der Waals surface area contributed by atoms with Crippen LogP contribution in [0.4, 0.5) is 0 Å². The molecule has 0 aliphatic heterocycles. The first-order valence-corrected chi connectivity index (χ1v) is 2.35. The normalized spacial score (nSPS) is 7.38. The summed E-state index contributed by atoms with van der Waals surface area (Å²) in [6, 6.07) is 0. The molecule has 0 fully saturated rings. The molecule has 0 saturated carbocycles. The van der Waals surface area contributed by atoms with Gasteiger partial charge in [0.15, 0.2) is 0 Å². The van der Waals surface area contributed by atoms with Crippen LogP contribution in [-0.2, 0) is 4.57 Å². The minimum absolute atomic E-state index is 0. The first-order chi connectivity index (χ1) is 2.00. The Morgan fingerprint density at radius 3 is 1.12 bits per heavy atom. The van der Waals surface area contributed by atoms with Gasteiger partial charge in [0.2, 0.25) is 0 Å². The fraction of sp³-hybridized carbons (Fsp3) is 0. The Kier molecular flexibility index (Phi) is 22.6. The van der Waals surface area contributed by atoms with Crippen LogP contribution in [0.25, 0.3) is 0 Å². The molecule has 0 aromatic carbocycles. The summed E-state index contributed by atoms with van der Waals surface area (Å²) in [5.41, 5.74) is 0. The zero-order valence-corrected chi connectivity index (χ0v) is 6.21. The Labute approximate surface area is 64.5 Å². The van der Waals surface area contributed by atoms with Crippen LogP contribution in [0, 0.1) is 0 Å². The van der Waals surface area contributed by atoms with Gasteiger partial charge in [0.1, 0.15) is 0 Å². The van der Waals surface area contributed by atoms with Gasteiger partial charge in [-0.3, -0.25) is 0 Å². The second-order valence-corrected chi connectivity index (χ2v) is 1.54. The molecule has 0 aromatic rings. The van der Waals surface area contributed by atoms with Crippen molar-refractivity contribution < 1.29 is 33.1 Å². The number of rotatable bonds is 0. The van der Waals surface area contributed by atoms with E-state index in [0.717, 1.165) is 0 Å². The van der Waals surface area contributed by atoms with Crippen molar-refractivity contribution in [3.05, 3.63) is 0 Å². The Hall–Kier alpha value is 0.796. The number of phosphoric acid groups is 1. The molecular weight excluding hydrogens is 151 g/mol. The first kappa shape index (κ1) is 23.2. The van der Waals surface area contributed by atoms with Gasteiger partial charge in [-0.1, -0.05) is 0 Å². The summed E-state index contributed by atoms with van der Waals surface area (Å²) in [4.78, 5) is 21.6. The van der Waals surface area contributed by atoms with E-state index in [0.29, 0.717) is 0 Å². The predicted molar refractivity (Wildman–Crippen MR) is 29.5 cm³/mol. The molecule has 0 unspecified atom stereocenters. The first-order valence-electron chi connectivity index (χ1n) is 0.783. The van der Waals surface area contributed by atoms with Gasteiger partial charge in [0.25, 0.3) is 0 Å². The van der Waals surface area contributed by atoms with Gasteiger partial charge in [-0.2, -0.15) is 0 Å². The molecule has 7 N–H and O–H groups in total. The van der Waals surface area contributed by atoms with E-state index in [4.69, 9.17) is 19.2 Å². The van der Waals surface area contributed by atoms with Gasteiger partial charge in [-0.05, 0) is 0 Å². The fourth-order valence-electron chi connectivity index (χ4n) is 0. The van der Waals surface area contributed by atoms with E-state index in [1.807, 2.05) is 0 Å². The maximum atomic E-state index is 8.88. The number of hydrogen-bond donors (Lipinski definition) is 3. The maximum absolute atomic E-state index is 8.88. The summed E-state index contributed by atoms with van der Waals surface area (Å²) in [5, 5.41) is 0. The summed E-state index contributed by atoms with van der Waals surface area (Å²) in [7, 11) is -4.64. The van der Waals surface area contributed by atoms with E-state index in [1.54, 1.807) is 0 Å². The van der Waals surface area contributed by atoms with Crippen molar-refractivity contribution in [1.29, 1.82) is 0 Å². The Morgan fingerprint density at radius 1 is 1.12 bits per heavy atom. The van der Waals surface area contributed by atoms with Crippen LogP contribution in [0.2, 0.25) is 0 Å². The van der Waals surface area contributed by atoms with Gasteiger partial charge < -0.3 is 28.5 Å². The molecule has 8 heteroatoms. The van der Waals surface area contributed by atoms with Gasteiger partial charge in [0, 0.05) is 0 Å². The van der Waals surface area contributed by atoms with Crippen molar-refractivity contribution in [2.75, 3.05) is 0 Å². The molecule has 0 atom stereocenters. The van der Waals surface area contributed by atoms with Crippen LogP contribution in [0.15, 0.2) is 0 Å². The third-order valence-corrected chi connectivity index (χ3v) is 0. The second kappa shape index (κ2) is 7.80. The average molecular weight is 160 g/mol. The fourth-order valence-corrected chi connectivity index (χ4v) is 0. The maximum Gasteiger partial charge on any atom is 2.00 e. The van der Waals surface area contributed by atoms with Gasteiger partial charge in [-0.15, -0.1) is 0 Å². The SMILES string of the molecule is O.O.O=P(O)(O)O.[H-].[H-].[Mg+2]. The minimum atomic E-state index is -4.64. The standard InChI is InChI=1S/Mg.H3O4P.2H2O.2H/c;1-5(2,3)4;;;;/h;(H3,1,2,3,4);2*1H2;;/q+2;;;;2*-1. The molecule has 52 valence electrons. The van der Waals surface area contributed by atoms with Crippen LogP contribution in [0.3, 0.4) is 0 Å². The van der Waals surface area contributed by atoms with E-state index in [9.17, 15) is 0 Å². The minimum Gasteiger partial charge on any atom is -1.00 e. The third-order valence-electron chi connectivity index (χ3n) is 0. The van der Waals surface area contributed by atoms with E-state index in [-0.39, 0.29) is 36.9 Å². The molecule has 0 heterocycles. The van der Waals surface area contributed by atoms with Crippen LogP contribution in [-0.4, -0.2) is 48.7 Å². The van der Waals surface area contributed by atoms with Crippen molar-refractivity contribution in [2.24, 2.45) is 0 Å². The monoisotopic (exact) mass is 160 g/mol. The quantitative estimate of drug-likeness (QED) is 0.261. The predicted octanol–water partition coefficient (Wildman–Crippen LogP) is -2.73. The Bertz CT molecular complexity index is 61.9. The van der Waals surface area contributed by atoms with Crippen molar-refractivity contribution in [2.45, 2.75) is 0 Å². The summed E-state index contributed by atoms with van der Waals surface area (Å²) in [6.07, 6.45) is 0. The van der Waals surface area contributed by atoms with Gasteiger partial charge in [-0.25, -0.2) is 4.57 Å². The molecule has 0 aliphatic carbocycles. The topological polar surface area (TPSA) is 141 Å². The molecule has 8 heavy (non-hydrogen) atoms. The van der Waals surface area contributed by atoms with Crippen LogP contribution >= 0.6 is 7.82 Å². The van der Waals surface area contributed by atoms with Gasteiger partial charge in [0.05, 0.1) is 0 Å². The molecule has 0 aromatic heterocycles. The molecule has 0 spiro atoms. The molecule has 0 saturated heterocycles. The van der Waals surface area contributed by atoms with E-state index in [1.165, 1.54) is 0 Å². The van der Waals surface area contributed by atoms with Gasteiger partial charge >= 0.3 is 30.9 Å². The Morgan fingerprint density at radius 2 is 1.12 bits per heavy atom. The summed E-state index contributed by atoms with van der Waals surface area (Å²) in [5.74, 6) is 0. The zero-order chi connectivity index (χ0) is 4.50. The molecule has 0 amide bonds. The molecule has 0 aliphatic rings. The molecule has 0 rings (SSSR count). The average Bonchev–Trinajstić information content (AvgIpc) is 0.722. The molecule has 6 nitrogen and oxygen atoms in total. The van der Waals surface area contributed by atoms with E-state index >= 15 is 0 Å². The van der Waals surface area contributed by atoms with Crippen LogP contribution in [0.5, 0.6) is 0 Å². The van der Waals surface area contributed by atoms with Crippen molar-refractivity contribution in [3.63, 3.8) is 0 Å².